The molecule has 2 rings (SSSR count). The summed E-state index contributed by atoms with van der Waals surface area (Å²) in [5.41, 5.74) is 1.29. The summed E-state index contributed by atoms with van der Waals surface area (Å²) in [6, 6.07) is 10.3. The van der Waals surface area contributed by atoms with Crippen molar-refractivity contribution in [3.63, 3.8) is 0 Å². The number of aryl methyl sites for hydroxylation is 1. The van der Waals surface area contributed by atoms with Crippen molar-refractivity contribution in [3.05, 3.63) is 35.9 Å². The molecule has 1 fully saturated rings. The second-order valence-electron chi connectivity index (χ2n) is 6.30. The van der Waals surface area contributed by atoms with Crippen LogP contribution in [0.25, 0.3) is 0 Å². The molecule has 1 aliphatic carbocycles. The van der Waals surface area contributed by atoms with Crippen molar-refractivity contribution < 1.29 is 9.53 Å². The molecule has 1 aliphatic rings. The van der Waals surface area contributed by atoms with Crippen LogP contribution in [0.5, 0.6) is 0 Å². The first-order valence-corrected chi connectivity index (χ1v) is 8.79. The molecule has 0 saturated heterocycles. The minimum atomic E-state index is -0.267. The summed E-state index contributed by atoms with van der Waals surface area (Å²) in [5.74, 6) is 0.887. The van der Waals surface area contributed by atoms with Crippen molar-refractivity contribution in [1.82, 2.24) is 5.32 Å². The maximum absolute atomic E-state index is 11.6. The molecular formula is C19H29NO2. The summed E-state index contributed by atoms with van der Waals surface area (Å²) in [5, 5.41) is 2.86. The number of alkyl carbamates (subject to hydrolysis) is 1. The zero-order valence-electron chi connectivity index (χ0n) is 13.6. The second kappa shape index (κ2) is 10.3. The van der Waals surface area contributed by atoms with Crippen LogP contribution in [-0.2, 0) is 11.2 Å². The van der Waals surface area contributed by atoms with Crippen LogP contribution >= 0.6 is 0 Å². The summed E-state index contributed by atoms with van der Waals surface area (Å²) < 4.78 is 5.21. The molecule has 1 aromatic carbocycles. The number of amides is 1. The largest absolute Gasteiger partial charge is 0.450 e. The quantitative estimate of drug-likeness (QED) is 0.707. The van der Waals surface area contributed by atoms with Crippen LogP contribution in [0.3, 0.4) is 0 Å². The Bertz CT molecular complexity index is 413. The summed E-state index contributed by atoms with van der Waals surface area (Å²) in [4.78, 5) is 11.6. The molecule has 1 N–H and O–H groups in total. The third-order valence-electron chi connectivity index (χ3n) is 4.47. The van der Waals surface area contributed by atoms with E-state index in [2.05, 4.69) is 17.4 Å². The molecule has 0 radical (unpaired) electrons. The Kier molecular flexibility index (Phi) is 7.86. The number of carbonyl (C=O) groups excluding carboxylic acids is 1. The van der Waals surface area contributed by atoms with Gasteiger partial charge in [0.15, 0.2) is 0 Å². The van der Waals surface area contributed by atoms with Crippen LogP contribution in [0.15, 0.2) is 30.3 Å². The maximum atomic E-state index is 11.6. The lowest BCUT2D eigenvalue weighted by molar-refractivity contribution is 0.144. The van der Waals surface area contributed by atoms with Gasteiger partial charge in [0.2, 0.25) is 0 Å². The van der Waals surface area contributed by atoms with Crippen LogP contribution in [0.1, 0.15) is 56.9 Å². The highest BCUT2D eigenvalue weighted by Gasteiger charge is 2.12. The molecule has 0 unspecified atom stereocenters. The van der Waals surface area contributed by atoms with Gasteiger partial charge < -0.3 is 10.1 Å². The number of benzene rings is 1. The number of ether oxygens (including phenoxy) is 1. The monoisotopic (exact) mass is 303 g/mol. The number of hydrogen-bond donors (Lipinski definition) is 1. The smallest absolute Gasteiger partial charge is 0.407 e. The van der Waals surface area contributed by atoms with Gasteiger partial charge in [-0.25, -0.2) is 4.79 Å². The fourth-order valence-electron chi connectivity index (χ4n) is 3.19. The highest BCUT2D eigenvalue weighted by atomic mass is 16.5. The van der Waals surface area contributed by atoms with Crippen LogP contribution in [0.4, 0.5) is 4.79 Å². The van der Waals surface area contributed by atoms with Gasteiger partial charge in [-0.3, -0.25) is 0 Å². The van der Waals surface area contributed by atoms with Gasteiger partial charge in [0, 0.05) is 6.54 Å². The Morgan fingerprint density at radius 3 is 2.64 bits per heavy atom. The van der Waals surface area contributed by atoms with Crippen molar-refractivity contribution in [2.24, 2.45) is 5.92 Å². The number of rotatable bonds is 8. The zero-order chi connectivity index (χ0) is 15.5. The first-order valence-electron chi connectivity index (χ1n) is 8.79. The van der Waals surface area contributed by atoms with Crippen molar-refractivity contribution in [3.8, 4) is 0 Å². The molecule has 1 saturated carbocycles. The molecule has 1 aromatic rings. The summed E-state index contributed by atoms with van der Waals surface area (Å²) in [7, 11) is 0. The number of carbonyl (C=O) groups is 1. The van der Waals surface area contributed by atoms with E-state index in [1.807, 2.05) is 18.2 Å². The molecule has 0 aliphatic heterocycles. The molecular weight excluding hydrogens is 274 g/mol. The second-order valence-corrected chi connectivity index (χ2v) is 6.30. The summed E-state index contributed by atoms with van der Waals surface area (Å²) >= 11 is 0. The van der Waals surface area contributed by atoms with E-state index in [4.69, 9.17) is 4.74 Å². The summed E-state index contributed by atoms with van der Waals surface area (Å²) in [6.07, 6.45) is 10.8. The number of hydrogen-bond acceptors (Lipinski definition) is 2. The van der Waals surface area contributed by atoms with Crippen molar-refractivity contribution >= 4 is 6.09 Å². The lowest BCUT2D eigenvalue weighted by Gasteiger charge is -2.21. The van der Waals surface area contributed by atoms with Gasteiger partial charge in [-0.15, -0.1) is 0 Å². The van der Waals surface area contributed by atoms with Gasteiger partial charge in [-0.2, -0.15) is 0 Å². The topological polar surface area (TPSA) is 38.3 Å². The summed E-state index contributed by atoms with van der Waals surface area (Å²) in [6.45, 7) is 1.23. The molecule has 1 amide bonds. The third-order valence-corrected chi connectivity index (χ3v) is 4.47. The van der Waals surface area contributed by atoms with E-state index >= 15 is 0 Å². The van der Waals surface area contributed by atoms with E-state index in [0.29, 0.717) is 6.61 Å². The normalized spacial score (nSPS) is 15.5. The lowest BCUT2D eigenvalue weighted by atomic mass is 9.86. The van der Waals surface area contributed by atoms with Crippen molar-refractivity contribution in [2.75, 3.05) is 13.2 Å². The minimum absolute atomic E-state index is 0.267. The predicted octanol–water partition coefficient (Wildman–Crippen LogP) is 4.71. The van der Waals surface area contributed by atoms with Gasteiger partial charge in [-0.05, 0) is 37.2 Å². The van der Waals surface area contributed by atoms with Crippen molar-refractivity contribution in [2.45, 2.75) is 57.8 Å². The Balaban J connectivity index is 1.44. The Morgan fingerprint density at radius 1 is 1.09 bits per heavy atom. The molecule has 0 bridgehead atoms. The fraction of sp³-hybridized carbons (Fsp3) is 0.632. The molecule has 122 valence electrons. The molecule has 22 heavy (non-hydrogen) atoms. The number of nitrogens with one attached hydrogen (secondary N) is 1. The van der Waals surface area contributed by atoms with Crippen LogP contribution in [0, 0.1) is 5.92 Å². The standard InChI is InChI=1S/C19H29NO2/c21-19(20-15-7-13-17-9-3-1-4-10-17)22-16-8-14-18-11-5-2-6-12-18/h2,5-6,11-12,17H,1,3-4,7-10,13-16H2,(H,20,21). The van der Waals surface area contributed by atoms with Gasteiger partial charge >= 0.3 is 6.09 Å². The van der Waals surface area contributed by atoms with Crippen LogP contribution < -0.4 is 5.32 Å². The average molecular weight is 303 g/mol. The highest BCUT2D eigenvalue weighted by Crippen LogP contribution is 2.26. The third kappa shape index (κ3) is 6.97. The van der Waals surface area contributed by atoms with Crippen LogP contribution in [0.2, 0.25) is 0 Å². The molecule has 0 atom stereocenters. The van der Waals surface area contributed by atoms with E-state index in [0.717, 1.165) is 31.7 Å². The molecule has 0 spiro atoms. The van der Waals surface area contributed by atoms with E-state index in [1.54, 1.807) is 0 Å². The molecule has 3 heteroatoms. The van der Waals surface area contributed by atoms with Crippen molar-refractivity contribution in [1.29, 1.82) is 0 Å². The van der Waals surface area contributed by atoms with Gasteiger partial charge in [0.1, 0.15) is 0 Å². The molecule has 0 heterocycles. The Morgan fingerprint density at radius 2 is 1.86 bits per heavy atom. The van der Waals surface area contributed by atoms with Gasteiger partial charge in [0.05, 0.1) is 6.61 Å². The van der Waals surface area contributed by atoms with Gasteiger partial charge in [-0.1, -0.05) is 62.4 Å². The van der Waals surface area contributed by atoms with Crippen LogP contribution in [-0.4, -0.2) is 19.2 Å². The van der Waals surface area contributed by atoms with E-state index in [-0.39, 0.29) is 6.09 Å². The van der Waals surface area contributed by atoms with E-state index in [9.17, 15) is 4.79 Å². The Labute approximate surface area is 134 Å². The molecule has 3 nitrogen and oxygen atoms in total. The Hall–Kier alpha value is -1.51. The minimum Gasteiger partial charge on any atom is -0.450 e. The first kappa shape index (κ1) is 16.9. The predicted molar refractivity (Wildman–Crippen MR) is 89.9 cm³/mol. The van der Waals surface area contributed by atoms with E-state index < -0.39 is 0 Å². The van der Waals surface area contributed by atoms with Gasteiger partial charge in [0.25, 0.3) is 0 Å². The highest BCUT2D eigenvalue weighted by molar-refractivity contribution is 5.66. The lowest BCUT2D eigenvalue weighted by Crippen LogP contribution is -2.26. The molecule has 0 aromatic heterocycles. The SMILES string of the molecule is O=C(NCCCC1CCCCC1)OCCCc1ccccc1. The van der Waals surface area contributed by atoms with E-state index in [1.165, 1.54) is 44.1 Å². The first-order chi connectivity index (χ1) is 10.8. The zero-order valence-corrected chi connectivity index (χ0v) is 13.6. The fourth-order valence-corrected chi connectivity index (χ4v) is 3.19. The average Bonchev–Trinajstić information content (AvgIpc) is 2.57. The maximum Gasteiger partial charge on any atom is 0.407 e.